The molecule has 2 nitrogen and oxygen atoms in total. The molecule has 0 spiro atoms. The maximum absolute atomic E-state index is 12.9. The Kier molecular flexibility index (Phi) is 4.30. The average Bonchev–Trinajstić information content (AvgIpc) is 2.16. The van der Waals surface area contributed by atoms with Gasteiger partial charge in [-0.2, -0.15) is 0 Å². The van der Waals surface area contributed by atoms with Crippen LogP contribution in [0, 0.1) is 5.82 Å². The second-order valence-electron chi connectivity index (χ2n) is 4.41. The Morgan fingerprint density at radius 3 is 2.56 bits per heavy atom. The second kappa shape index (κ2) is 5.13. The molecular formula is C12H17ClFNO. The van der Waals surface area contributed by atoms with Gasteiger partial charge in [0.2, 0.25) is 0 Å². The van der Waals surface area contributed by atoms with Crippen molar-refractivity contribution in [3.05, 3.63) is 34.6 Å². The zero-order valence-electron chi connectivity index (χ0n) is 9.72. The zero-order chi connectivity index (χ0) is 12.3. The minimum absolute atomic E-state index is 0.101. The summed E-state index contributed by atoms with van der Waals surface area (Å²) >= 11 is 5.99. The minimum atomic E-state index is -0.654. The lowest BCUT2D eigenvalue weighted by Gasteiger charge is -2.32. The van der Waals surface area contributed by atoms with Crippen LogP contribution in [0.1, 0.15) is 26.3 Å². The Hall–Kier alpha value is -0.640. The monoisotopic (exact) mass is 245 g/mol. The van der Waals surface area contributed by atoms with Gasteiger partial charge in [0, 0.05) is 11.1 Å². The first-order valence-electron chi connectivity index (χ1n) is 5.23. The SMILES string of the molecule is CC(C)NC(C)(CO)c1ccc(F)cc1Cl. The van der Waals surface area contributed by atoms with Gasteiger partial charge in [-0.05, 0) is 38.5 Å². The molecule has 0 aliphatic rings. The number of hydrogen-bond acceptors (Lipinski definition) is 2. The highest BCUT2D eigenvalue weighted by Crippen LogP contribution is 2.28. The molecule has 0 bridgehead atoms. The van der Waals surface area contributed by atoms with Gasteiger partial charge in [-0.25, -0.2) is 4.39 Å². The molecule has 0 radical (unpaired) electrons. The molecule has 0 fully saturated rings. The van der Waals surface area contributed by atoms with Crippen molar-refractivity contribution in [2.24, 2.45) is 0 Å². The standard InChI is InChI=1S/C12H17ClFNO/c1-8(2)15-12(3,7-16)10-5-4-9(14)6-11(10)13/h4-6,8,15-16H,7H2,1-3H3. The number of benzene rings is 1. The highest BCUT2D eigenvalue weighted by molar-refractivity contribution is 6.31. The Labute approximate surface area is 100 Å². The fourth-order valence-electron chi connectivity index (χ4n) is 1.78. The van der Waals surface area contributed by atoms with Crippen LogP contribution in [0.15, 0.2) is 18.2 Å². The van der Waals surface area contributed by atoms with E-state index in [1.165, 1.54) is 12.1 Å². The summed E-state index contributed by atoms with van der Waals surface area (Å²) in [6.45, 7) is 5.69. The van der Waals surface area contributed by atoms with Gasteiger partial charge in [0.1, 0.15) is 5.82 Å². The third-order valence-corrected chi connectivity index (χ3v) is 2.76. The molecule has 0 aromatic heterocycles. The first-order valence-corrected chi connectivity index (χ1v) is 5.61. The molecule has 1 aromatic carbocycles. The minimum Gasteiger partial charge on any atom is -0.394 e. The van der Waals surface area contributed by atoms with Crippen molar-refractivity contribution < 1.29 is 9.50 Å². The Balaban J connectivity index is 3.12. The molecule has 0 amide bonds. The van der Waals surface area contributed by atoms with Crippen LogP contribution < -0.4 is 5.32 Å². The molecule has 1 aromatic rings. The van der Waals surface area contributed by atoms with Gasteiger partial charge in [0.15, 0.2) is 0 Å². The van der Waals surface area contributed by atoms with Crippen molar-refractivity contribution >= 4 is 11.6 Å². The van der Waals surface area contributed by atoms with Gasteiger partial charge < -0.3 is 10.4 Å². The van der Waals surface area contributed by atoms with E-state index in [1.807, 2.05) is 20.8 Å². The number of nitrogens with one attached hydrogen (secondary N) is 1. The average molecular weight is 246 g/mol. The molecule has 90 valence electrons. The molecule has 1 atom stereocenters. The molecule has 0 saturated carbocycles. The predicted molar refractivity (Wildman–Crippen MR) is 64.1 cm³/mol. The van der Waals surface area contributed by atoms with Gasteiger partial charge in [-0.1, -0.05) is 17.7 Å². The maximum atomic E-state index is 12.9. The van der Waals surface area contributed by atoms with E-state index >= 15 is 0 Å². The van der Waals surface area contributed by atoms with Crippen molar-refractivity contribution in [3.63, 3.8) is 0 Å². The summed E-state index contributed by atoms with van der Waals surface area (Å²) in [5.74, 6) is -0.376. The van der Waals surface area contributed by atoms with Crippen molar-refractivity contribution in [1.29, 1.82) is 0 Å². The fraction of sp³-hybridized carbons (Fsp3) is 0.500. The molecule has 0 aliphatic carbocycles. The van der Waals surface area contributed by atoms with Crippen molar-refractivity contribution in [3.8, 4) is 0 Å². The molecule has 4 heteroatoms. The number of rotatable bonds is 4. The van der Waals surface area contributed by atoms with Crippen LogP contribution in [0.5, 0.6) is 0 Å². The van der Waals surface area contributed by atoms with Crippen LogP contribution in [0.2, 0.25) is 5.02 Å². The van der Waals surface area contributed by atoms with E-state index in [-0.39, 0.29) is 18.5 Å². The van der Waals surface area contributed by atoms with Crippen LogP contribution in [-0.2, 0) is 5.54 Å². The zero-order valence-corrected chi connectivity index (χ0v) is 10.5. The largest absolute Gasteiger partial charge is 0.394 e. The molecule has 2 N–H and O–H groups in total. The number of halogens is 2. The second-order valence-corrected chi connectivity index (χ2v) is 4.82. The third-order valence-electron chi connectivity index (χ3n) is 2.45. The molecule has 1 unspecified atom stereocenters. The van der Waals surface area contributed by atoms with Gasteiger partial charge in [0.25, 0.3) is 0 Å². The highest BCUT2D eigenvalue weighted by atomic mass is 35.5. The van der Waals surface area contributed by atoms with Gasteiger partial charge in [-0.3, -0.25) is 0 Å². The smallest absolute Gasteiger partial charge is 0.124 e. The molecular weight excluding hydrogens is 229 g/mol. The number of aliphatic hydroxyl groups is 1. The Morgan fingerprint density at radius 1 is 1.50 bits per heavy atom. The summed E-state index contributed by atoms with van der Waals surface area (Å²) in [5.41, 5.74) is 0.0469. The van der Waals surface area contributed by atoms with E-state index in [0.717, 1.165) is 0 Å². The highest BCUT2D eigenvalue weighted by Gasteiger charge is 2.28. The summed E-state index contributed by atoms with van der Waals surface area (Å²) in [4.78, 5) is 0. The quantitative estimate of drug-likeness (QED) is 0.855. The summed E-state index contributed by atoms with van der Waals surface area (Å²) in [5, 5.41) is 13.0. The summed E-state index contributed by atoms with van der Waals surface area (Å²) in [6, 6.07) is 4.39. The lowest BCUT2D eigenvalue weighted by atomic mass is 9.92. The van der Waals surface area contributed by atoms with Gasteiger partial charge in [0.05, 0.1) is 12.1 Å². The normalized spacial score (nSPS) is 15.2. The number of hydrogen-bond donors (Lipinski definition) is 2. The van der Waals surface area contributed by atoms with E-state index in [1.54, 1.807) is 6.07 Å². The molecule has 0 heterocycles. The van der Waals surface area contributed by atoms with E-state index in [0.29, 0.717) is 10.6 Å². The molecule has 0 saturated heterocycles. The Bertz CT molecular complexity index is 370. The third kappa shape index (κ3) is 2.94. The maximum Gasteiger partial charge on any atom is 0.124 e. The lowest BCUT2D eigenvalue weighted by molar-refractivity contribution is 0.166. The van der Waals surface area contributed by atoms with Crippen LogP contribution >= 0.6 is 11.6 Å². The van der Waals surface area contributed by atoms with Crippen molar-refractivity contribution in [2.75, 3.05) is 6.61 Å². The van der Waals surface area contributed by atoms with Crippen LogP contribution in [0.25, 0.3) is 0 Å². The lowest BCUT2D eigenvalue weighted by Crippen LogP contribution is -2.46. The topological polar surface area (TPSA) is 32.3 Å². The van der Waals surface area contributed by atoms with Gasteiger partial charge in [-0.15, -0.1) is 0 Å². The summed E-state index contributed by atoms with van der Waals surface area (Å²) in [6.07, 6.45) is 0. The first kappa shape index (κ1) is 13.4. The fourth-order valence-corrected chi connectivity index (χ4v) is 2.16. The van der Waals surface area contributed by atoms with E-state index in [2.05, 4.69) is 5.32 Å². The van der Waals surface area contributed by atoms with E-state index < -0.39 is 5.54 Å². The summed E-state index contributed by atoms with van der Waals surface area (Å²) in [7, 11) is 0. The van der Waals surface area contributed by atoms with Crippen LogP contribution in [0.4, 0.5) is 4.39 Å². The molecule has 0 aliphatic heterocycles. The van der Waals surface area contributed by atoms with Crippen molar-refractivity contribution in [2.45, 2.75) is 32.4 Å². The number of aliphatic hydroxyl groups excluding tert-OH is 1. The van der Waals surface area contributed by atoms with Crippen LogP contribution in [-0.4, -0.2) is 17.8 Å². The van der Waals surface area contributed by atoms with Crippen LogP contribution in [0.3, 0.4) is 0 Å². The molecule has 1 rings (SSSR count). The van der Waals surface area contributed by atoms with E-state index in [4.69, 9.17) is 11.6 Å². The summed E-state index contributed by atoms with van der Waals surface area (Å²) < 4.78 is 12.9. The Morgan fingerprint density at radius 2 is 2.12 bits per heavy atom. The first-order chi connectivity index (χ1) is 7.39. The van der Waals surface area contributed by atoms with Gasteiger partial charge >= 0.3 is 0 Å². The predicted octanol–water partition coefficient (Wildman–Crippen LogP) is 2.68. The van der Waals surface area contributed by atoms with E-state index in [9.17, 15) is 9.50 Å². The van der Waals surface area contributed by atoms with Crippen molar-refractivity contribution in [1.82, 2.24) is 5.32 Å². The molecule has 16 heavy (non-hydrogen) atoms.